The highest BCUT2D eigenvalue weighted by molar-refractivity contribution is 5.48. The third kappa shape index (κ3) is 15.5. The second-order valence-corrected chi connectivity index (χ2v) is 42.3. The molecule has 1 unspecified atom stereocenters. The quantitative estimate of drug-likeness (QED) is 0.0489. The van der Waals surface area contributed by atoms with Gasteiger partial charge in [0.2, 0.25) is 0 Å². The average molecular weight is 1620 g/mol. The van der Waals surface area contributed by atoms with E-state index in [1.807, 2.05) is 42.5 Å². The van der Waals surface area contributed by atoms with E-state index in [9.17, 15) is 61.3 Å². The first kappa shape index (κ1) is 86.2. The van der Waals surface area contributed by atoms with Gasteiger partial charge in [0, 0.05) is 64.8 Å². The predicted octanol–water partition coefficient (Wildman–Crippen LogP) is 19.6. The maximum Gasteiger partial charge on any atom is 0.115 e. The lowest BCUT2D eigenvalue weighted by molar-refractivity contribution is -0.0273. The van der Waals surface area contributed by atoms with Crippen molar-refractivity contribution in [2.75, 3.05) is 54.4 Å². The summed E-state index contributed by atoms with van der Waals surface area (Å²) in [5, 5.41) is 122. The molecule has 10 fully saturated rings. The predicted molar refractivity (Wildman–Crippen MR) is 462 cm³/mol. The molecule has 10 saturated carbocycles. The van der Waals surface area contributed by atoms with E-state index in [0.29, 0.717) is 148 Å². The van der Waals surface area contributed by atoms with Gasteiger partial charge in [0.25, 0.3) is 0 Å². The first-order valence-corrected chi connectivity index (χ1v) is 46.9. The number of fused-ring (bicyclic) bond motifs is 25. The van der Waals surface area contributed by atoms with Gasteiger partial charge in [-0.25, -0.2) is 0 Å². The molecule has 0 heterocycles. The molecule has 15 nitrogen and oxygen atoms in total. The summed E-state index contributed by atoms with van der Waals surface area (Å²) in [6, 6.07) is 29.4. The number of benzene rings is 5. The van der Waals surface area contributed by atoms with Crippen LogP contribution in [-0.4, -0.2) is 146 Å². The molecule has 0 spiro atoms. The van der Waals surface area contributed by atoms with Gasteiger partial charge >= 0.3 is 0 Å². The lowest BCUT2D eigenvalue weighted by Crippen LogP contribution is -2.44. The van der Waals surface area contributed by atoms with Crippen molar-refractivity contribution in [1.29, 1.82) is 0 Å². The molecular weight excluding hydrogens is 1480 g/mol. The Hall–Kier alpha value is -5.30. The summed E-state index contributed by atoms with van der Waals surface area (Å²) in [4.78, 5) is 0. The van der Waals surface area contributed by atoms with Gasteiger partial charge < -0.3 is 75.5 Å². The van der Waals surface area contributed by atoms with Gasteiger partial charge in [-0.05, 0) is 411 Å². The number of ether oxygens (including phenoxy) is 3. The number of hydrogen-bond acceptors (Lipinski definition) is 15. The van der Waals surface area contributed by atoms with Crippen molar-refractivity contribution < 1.29 is 75.5 Å². The number of aliphatic hydroxyl groups excluding tert-OH is 7. The van der Waals surface area contributed by atoms with Crippen LogP contribution < -0.4 is 0 Å². The molecule has 0 amide bonds. The normalized spacial score (nSPS) is 41.2. The largest absolute Gasteiger partial charge is 0.508 e. The summed E-state index contributed by atoms with van der Waals surface area (Å²) in [5.74, 6) is 12.3. The topological polar surface area (TPSA) is 270 Å². The number of methoxy groups -OCH3 is 3. The van der Waals surface area contributed by atoms with Gasteiger partial charge in [-0.2, -0.15) is 0 Å². The Kier molecular flexibility index (Phi) is 25.6. The van der Waals surface area contributed by atoms with Crippen molar-refractivity contribution in [3.63, 3.8) is 0 Å². The number of hydrogen-bond donors (Lipinski definition) is 12. The van der Waals surface area contributed by atoms with Crippen LogP contribution in [0.5, 0.6) is 28.7 Å². The van der Waals surface area contributed by atoms with Crippen LogP contribution >= 0.6 is 0 Å². The van der Waals surface area contributed by atoms with Gasteiger partial charge in [-0.15, -0.1) is 0 Å². The van der Waals surface area contributed by atoms with Gasteiger partial charge in [-0.3, -0.25) is 0 Å². The van der Waals surface area contributed by atoms with E-state index >= 15 is 0 Å². The number of phenolic OH excluding ortho intramolecular Hbond substituents is 5. The molecule has 0 radical (unpaired) electrons. The molecule has 15 aliphatic carbocycles. The van der Waals surface area contributed by atoms with E-state index in [2.05, 4.69) is 71.0 Å². The Labute approximate surface area is 704 Å². The minimum atomic E-state index is -0.160. The molecule has 0 aliphatic heterocycles. The van der Waals surface area contributed by atoms with E-state index in [-0.39, 0.29) is 82.6 Å². The zero-order valence-corrected chi connectivity index (χ0v) is 72.4. The van der Waals surface area contributed by atoms with Crippen molar-refractivity contribution in [1.82, 2.24) is 0 Å². The molecule has 0 bridgehead atoms. The van der Waals surface area contributed by atoms with Crippen molar-refractivity contribution in [2.45, 2.75) is 317 Å². The fourth-order valence-corrected chi connectivity index (χ4v) is 30.7. The number of aromatic hydroxyl groups is 5. The first-order valence-electron chi connectivity index (χ1n) is 46.9. The molecule has 20 rings (SSSR count). The van der Waals surface area contributed by atoms with Crippen molar-refractivity contribution in [2.24, 2.45) is 86.3 Å². The summed E-state index contributed by atoms with van der Waals surface area (Å²) in [6.45, 7) is 14.1. The lowest BCUT2D eigenvalue weighted by Gasteiger charge is -2.51. The Balaban J connectivity index is 0.000000111. The molecule has 5 aromatic rings. The van der Waals surface area contributed by atoms with E-state index in [4.69, 9.17) is 14.2 Å². The van der Waals surface area contributed by atoms with Crippen LogP contribution in [0.2, 0.25) is 0 Å². The van der Waals surface area contributed by atoms with Gasteiger partial charge in [0.1, 0.15) is 28.7 Å². The smallest absolute Gasteiger partial charge is 0.115 e. The molecule has 12 N–H and O–H groups in total. The zero-order valence-electron chi connectivity index (χ0n) is 72.4. The summed E-state index contributed by atoms with van der Waals surface area (Å²) in [5.41, 5.74) is 13.7. The van der Waals surface area contributed by atoms with Crippen LogP contribution in [0, 0.1) is 86.3 Å². The fraction of sp³-hybridized carbons (Fsp3) is 0.709. The van der Waals surface area contributed by atoms with Crippen LogP contribution in [-0.2, 0) is 14.2 Å². The highest BCUT2D eigenvalue weighted by atomic mass is 16.5. The second kappa shape index (κ2) is 35.0. The first-order chi connectivity index (χ1) is 56.7. The van der Waals surface area contributed by atoms with Crippen molar-refractivity contribution in [3.8, 4) is 28.7 Å². The highest BCUT2D eigenvalue weighted by Crippen LogP contribution is 2.69. The van der Waals surface area contributed by atoms with E-state index in [0.717, 1.165) is 165 Å². The Morgan fingerprint density at radius 1 is 0.280 bits per heavy atom. The number of rotatable bonds is 13. The van der Waals surface area contributed by atoms with E-state index in [1.54, 1.807) is 33.5 Å². The van der Waals surface area contributed by atoms with E-state index < -0.39 is 0 Å². The van der Waals surface area contributed by atoms with Crippen LogP contribution in [0.3, 0.4) is 0 Å². The van der Waals surface area contributed by atoms with Crippen molar-refractivity contribution in [3.05, 3.63) is 147 Å². The molecule has 15 heteroatoms. The minimum absolute atomic E-state index is 0.0651. The number of unbranched alkanes of at least 4 members (excludes halogenated alkanes) is 3. The molecule has 0 saturated heterocycles. The molecule has 5 aromatic carbocycles. The van der Waals surface area contributed by atoms with Crippen molar-refractivity contribution >= 4 is 0 Å². The van der Waals surface area contributed by atoms with Crippen LogP contribution in [0.25, 0.3) is 0 Å². The van der Waals surface area contributed by atoms with Crippen LogP contribution in [0.4, 0.5) is 0 Å². The van der Waals surface area contributed by atoms with Crippen LogP contribution in [0.15, 0.2) is 91.0 Å². The Morgan fingerprint density at radius 2 is 0.517 bits per heavy atom. The van der Waals surface area contributed by atoms with E-state index in [1.165, 1.54) is 89.5 Å². The molecule has 118 heavy (non-hydrogen) atoms. The van der Waals surface area contributed by atoms with Gasteiger partial charge in [-0.1, -0.05) is 84.2 Å². The standard InChI is InChI=1S/C25H38O3.2C20H28O3.2C19H26O3/c1-25-13-12-20-19-9-8-18(26)16-21(19)17(7-5-3-4-6-14-28-2)15-22(20)23(25)10-11-24(25)27;2*1-20-8-7-15-14-4-3-13(21)10-16(14)12(11-23-2)9-17(15)18(20)5-6-19(20)22;2*1-19-7-6-14-13-3-2-12(21)9-15(13)11(10-20)8-16(14)17(19)4-5-18(19)22/h8-9,16-17,20,22-24,26-27H,3-7,10-15H2,1-2H3;2*3-4,10,12,15,17-19,21-22H,5-9,11H2,1-2H3;2*2-3,9,11,14,16-18,20-22H,4-8,10H2,1H3/t17-,20-,22-,23+,24+,25+;12-,15-,17-,18+,19?,20+;12-,15-,17-,18+,19+,20+;11-,14+,16+,17-,18-,19-;11-,14-,16-,17+,18+,19+/m11101/s1. The maximum atomic E-state index is 10.7. The van der Waals surface area contributed by atoms with Gasteiger partial charge in [0.15, 0.2) is 0 Å². The number of aliphatic hydroxyl groups is 7. The molecule has 15 aliphatic rings. The zero-order chi connectivity index (χ0) is 83.1. The summed E-state index contributed by atoms with van der Waals surface area (Å²) < 4.78 is 16.1. The summed E-state index contributed by atoms with van der Waals surface area (Å²) >= 11 is 0. The Bertz CT molecular complexity index is 4070. The third-order valence-electron chi connectivity index (χ3n) is 37.1. The summed E-state index contributed by atoms with van der Waals surface area (Å²) in [7, 11) is 5.30. The molecule has 30 atom stereocenters. The average Bonchev–Trinajstić information content (AvgIpc) is 1.48. The third-order valence-corrected chi connectivity index (χ3v) is 37.1. The van der Waals surface area contributed by atoms with Gasteiger partial charge in [0.05, 0.1) is 43.7 Å². The molecule has 648 valence electrons. The Morgan fingerprint density at radius 3 is 0.771 bits per heavy atom. The maximum absolute atomic E-state index is 10.7. The SMILES string of the molecule is COCCCCCC[C@@H]1C[C@@H]2[C@H](CC[C@]3(C)[C@@H](O)CC[C@@H]23)c2ccc(O)cc21.COC[C@H]1C[C@@H]2[C@H](CC[C@]3(C)C(O)CC[C@@H]23)c2ccc(O)cc21.COC[C@H]1C[C@@H]2[C@H](CC[C@]3(C)[C@@H](O)CC[C@@H]23)c2ccc(O)cc21.C[C@]12CC[C@@H]3c4ccc(O)cc4[C@@H](CO)C[C@H]3[C@@H]1CC[C@@H]2O.C[C@]12CC[C@@H]3c4ccc(O)cc4[C@H](CO)C[C@H]3[C@@H]1CC[C@@H]2O. The number of phenols is 5. The lowest BCUT2D eigenvalue weighted by atomic mass is 9.53. The monoisotopic (exact) mass is 1620 g/mol. The highest BCUT2D eigenvalue weighted by Gasteiger charge is 2.61. The molecule has 0 aromatic heterocycles. The fourth-order valence-electron chi connectivity index (χ4n) is 30.7. The minimum Gasteiger partial charge on any atom is -0.508 e. The second-order valence-electron chi connectivity index (χ2n) is 42.3. The van der Waals surface area contributed by atoms with Crippen LogP contribution in [0.1, 0.15) is 342 Å². The summed E-state index contributed by atoms with van der Waals surface area (Å²) in [6.07, 6.45) is 32.7. The molecular formula is C103H146O15.